The van der Waals surface area contributed by atoms with Crippen LogP contribution in [0.1, 0.15) is 25.7 Å². The highest BCUT2D eigenvalue weighted by atomic mass is 16.5. The molecule has 0 bridgehead atoms. The van der Waals surface area contributed by atoms with Gasteiger partial charge < -0.3 is 15.8 Å². The fraction of sp³-hybridized carbons (Fsp3) is 0.846. The summed E-state index contributed by atoms with van der Waals surface area (Å²) in [5.41, 5.74) is 4.95. The van der Waals surface area contributed by atoms with E-state index >= 15 is 0 Å². The highest BCUT2D eigenvalue weighted by molar-refractivity contribution is 5.79. The Labute approximate surface area is 113 Å². The number of rotatable bonds is 4. The Balaban J connectivity index is 1.82. The summed E-state index contributed by atoms with van der Waals surface area (Å²) in [6, 6.07) is 2.27. The summed E-state index contributed by atoms with van der Waals surface area (Å²) < 4.78 is 5.46. The normalized spacial score (nSPS) is 26.8. The molecule has 1 saturated heterocycles. The quantitative estimate of drug-likeness (QED) is 0.722. The minimum atomic E-state index is -0.628. The van der Waals surface area contributed by atoms with Crippen LogP contribution in [0.5, 0.6) is 0 Å². The average molecular weight is 266 g/mol. The first-order valence-corrected chi connectivity index (χ1v) is 6.94. The lowest BCUT2D eigenvalue weighted by Gasteiger charge is -2.32. The van der Waals surface area contributed by atoms with E-state index in [4.69, 9.17) is 10.5 Å². The number of morpholine rings is 1. The SMILES string of the molecule is N#CC1(NC(=O)CN2CCOC(CN)C2)CCCC1. The maximum absolute atomic E-state index is 12.1. The second-order valence-corrected chi connectivity index (χ2v) is 5.41. The second-order valence-electron chi connectivity index (χ2n) is 5.41. The number of hydrogen-bond acceptors (Lipinski definition) is 5. The monoisotopic (exact) mass is 266 g/mol. The number of nitrogens with one attached hydrogen (secondary N) is 1. The number of nitrogens with zero attached hydrogens (tertiary/aromatic N) is 2. The molecule has 106 valence electrons. The molecule has 6 nitrogen and oxygen atoms in total. The lowest BCUT2D eigenvalue weighted by Crippen LogP contribution is -2.52. The predicted octanol–water partition coefficient (Wildman–Crippen LogP) is -0.402. The number of carbonyl (C=O) groups excluding carboxylic acids is 1. The highest BCUT2D eigenvalue weighted by Crippen LogP contribution is 2.28. The summed E-state index contributed by atoms with van der Waals surface area (Å²) in [6.07, 6.45) is 3.58. The Bertz CT molecular complexity index is 360. The van der Waals surface area contributed by atoms with Gasteiger partial charge in [-0.05, 0) is 25.7 Å². The molecular formula is C13H22N4O2. The fourth-order valence-corrected chi connectivity index (χ4v) is 2.82. The van der Waals surface area contributed by atoms with Crippen LogP contribution in [0.2, 0.25) is 0 Å². The van der Waals surface area contributed by atoms with E-state index in [-0.39, 0.29) is 12.0 Å². The topological polar surface area (TPSA) is 91.4 Å². The van der Waals surface area contributed by atoms with E-state index in [1.165, 1.54) is 0 Å². The molecule has 1 atom stereocenters. The van der Waals surface area contributed by atoms with Gasteiger partial charge in [0, 0.05) is 19.6 Å². The van der Waals surface area contributed by atoms with Gasteiger partial charge in [0.2, 0.25) is 5.91 Å². The minimum absolute atomic E-state index is 0.0120. The van der Waals surface area contributed by atoms with Crippen LogP contribution in [0, 0.1) is 11.3 Å². The Hall–Kier alpha value is -1.16. The van der Waals surface area contributed by atoms with Gasteiger partial charge in [0.05, 0.1) is 25.3 Å². The standard InChI is InChI=1S/C13H22N4O2/c14-7-11-8-17(5-6-19-11)9-12(18)16-13(10-15)3-1-2-4-13/h11H,1-9,14H2,(H,16,18). The zero-order valence-electron chi connectivity index (χ0n) is 11.2. The van der Waals surface area contributed by atoms with Crippen molar-refractivity contribution >= 4 is 5.91 Å². The molecule has 0 radical (unpaired) electrons. The van der Waals surface area contributed by atoms with Crippen LogP contribution in [0.25, 0.3) is 0 Å². The largest absolute Gasteiger partial charge is 0.374 e. The summed E-state index contributed by atoms with van der Waals surface area (Å²) in [7, 11) is 0. The van der Waals surface area contributed by atoms with Crippen LogP contribution in [0.3, 0.4) is 0 Å². The van der Waals surface area contributed by atoms with Crippen molar-refractivity contribution in [2.75, 3.05) is 32.8 Å². The van der Waals surface area contributed by atoms with Crippen LogP contribution in [0.4, 0.5) is 0 Å². The molecule has 0 aromatic heterocycles. The van der Waals surface area contributed by atoms with Gasteiger partial charge in [-0.25, -0.2) is 0 Å². The van der Waals surface area contributed by atoms with E-state index in [1.54, 1.807) is 0 Å². The zero-order chi connectivity index (χ0) is 13.7. The Kier molecular flexibility index (Phi) is 4.75. The van der Waals surface area contributed by atoms with Gasteiger partial charge in [0.25, 0.3) is 0 Å². The average Bonchev–Trinajstić information content (AvgIpc) is 2.88. The lowest BCUT2D eigenvalue weighted by molar-refractivity contribution is -0.125. The van der Waals surface area contributed by atoms with Crippen molar-refractivity contribution in [3.05, 3.63) is 0 Å². The van der Waals surface area contributed by atoms with E-state index in [1.807, 2.05) is 4.90 Å². The third kappa shape index (κ3) is 3.66. The van der Waals surface area contributed by atoms with E-state index in [0.29, 0.717) is 26.2 Å². The van der Waals surface area contributed by atoms with Gasteiger partial charge in [0.15, 0.2) is 0 Å². The van der Waals surface area contributed by atoms with E-state index in [2.05, 4.69) is 11.4 Å². The van der Waals surface area contributed by atoms with Crippen molar-refractivity contribution < 1.29 is 9.53 Å². The van der Waals surface area contributed by atoms with Gasteiger partial charge >= 0.3 is 0 Å². The van der Waals surface area contributed by atoms with Gasteiger partial charge in [0.1, 0.15) is 5.54 Å². The molecule has 1 saturated carbocycles. The molecule has 0 aromatic carbocycles. The molecule has 0 aromatic rings. The minimum Gasteiger partial charge on any atom is -0.374 e. The van der Waals surface area contributed by atoms with Crippen LogP contribution in [-0.4, -0.2) is 55.2 Å². The van der Waals surface area contributed by atoms with Crippen molar-refractivity contribution in [3.63, 3.8) is 0 Å². The van der Waals surface area contributed by atoms with Gasteiger partial charge in [-0.2, -0.15) is 5.26 Å². The molecule has 1 aliphatic carbocycles. The van der Waals surface area contributed by atoms with Gasteiger partial charge in [-0.3, -0.25) is 9.69 Å². The number of amides is 1. The molecule has 1 amide bonds. The number of nitriles is 1. The molecule has 3 N–H and O–H groups in total. The van der Waals surface area contributed by atoms with Crippen LogP contribution >= 0.6 is 0 Å². The van der Waals surface area contributed by atoms with Crippen LogP contribution in [0.15, 0.2) is 0 Å². The number of nitrogens with two attached hydrogens (primary N) is 1. The Morgan fingerprint density at radius 2 is 2.26 bits per heavy atom. The molecule has 1 aliphatic heterocycles. The Morgan fingerprint density at radius 1 is 1.53 bits per heavy atom. The van der Waals surface area contributed by atoms with Crippen molar-refractivity contribution in [1.82, 2.24) is 10.2 Å². The fourth-order valence-electron chi connectivity index (χ4n) is 2.82. The first kappa shape index (κ1) is 14.3. The zero-order valence-corrected chi connectivity index (χ0v) is 11.2. The molecule has 19 heavy (non-hydrogen) atoms. The molecule has 6 heteroatoms. The third-order valence-electron chi connectivity index (χ3n) is 3.90. The lowest BCUT2D eigenvalue weighted by atomic mass is 10.00. The molecular weight excluding hydrogens is 244 g/mol. The summed E-state index contributed by atoms with van der Waals surface area (Å²) >= 11 is 0. The summed E-state index contributed by atoms with van der Waals surface area (Å²) in [5.74, 6) is -0.0684. The predicted molar refractivity (Wildman–Crippen MR) is 70.2 cm³/mol. The van der Waals surface area contributed by atoms with E-state index in [9.17, 15) is 10.1 Å². The molecule has 1 unspecified atom stereocenters. The van der Waals surface area contributed by atoms with Crippen molar-refractivity contribution in [3.8, 4) is 6.07 Å². The van der Waals surface area contributed by atoms with Crippen molar-refractivity contribution in [2.45, 2.75) is 37.3 Å². The molecule has 0 spiro atoms. The molecule has 1 heterocycles. The van der Waals surface area contributed by atoms with Crippen molar-refractivity contribution in [2.24, 2.45) is 5.73 Å². The van der Waals surface area contributed by atoms with Gasteiger partial charge in [-0.15, -0.1) is 0 Å². The smallest absolute Gasteiger partial charge is 0.235 e. The van der Waals surface area contributed by atoms with Gasteiger partial charge in [-0.1, -0.05) is 0 Å². The first-order valence-electron chi connectivity index (χ1n) is 6.94. The molecule has 2 aliphatic rings. The number of carbonyl (C=O) groups is 1. The third-order valence-corrected chi connectivity index (χ3v) is 3.90. The summed E-state index contributed by atoms with van der Waals surface area (Å²) in [5, 5.41) is 12.1. The van der Waals surface area contributed by atoms with Crippen LogP contribution < -0.4 is 11.1 Å². The maximum atomic E-state index is 12.1. The summed E-state index contributed by atoms with van der Waals surface area (Å²) in [6.45, 7) is 2.83. The number of hydrogen-bond donors (Lipinski definition) is 2. The molecule has 2 rings (SSSR count). The van der Waals surface area contributed by atoms with Crippen molar-refractivity contribution in [1.29, 1.82) is 5.26 Å². The van der Waals surface area contributed by atoms with Crippen LogP contribution in [-0.2, 0) is 9.53 Å². The number of ether oxygens (including phenoxy) is 1. The molecule has 2 fully saturated rings. The van der Waals surface area contributed by atoms with E-state index in [0.717, 1.165) is 32.2 Å². The highest BCUT2D eigenvalue weighted by Gasteiger charge is 2.35. The van der Waals surface area contributed by atoms with E-state index < -0.39 is 5.54 Å². The summed E-state index contributed by atoms with van der Waals surface area (Å²) in [4.78, 5) is 14.1. The Morgan fingerprint density at radius 3 is 2.89 bits per heavy atom. The maximum Gasteiger partial charge on any atom is 0.235 e. The second kappa shape index (κ2) is 6.33. The first-order chi connectivity index (χ1) is 9.17.